The van der Waals surface area contributed by atoms with Gasteiger partial charge in [-0.1, -0.05) is 6.92 Å². The molecule has 1 rings (SSSR count). The smallest absolute Gasteiger partial charge is 0.325 e. The zero-order valence-corrected chi connectivity index (χ0v) is 11.4. The van der Waals surface area contributed by atoms with Gasteiger partial charge in [-0.25, -0.2) is 0 Å². The fourth-order valence-electron chi connectivity index (χ4n) is 1.63. The van der Waals surface area contributed by atoms with Gasteiger partial charge in [-0.15, -0.1) is 0 Å². The minimum absolute atomic E-state index is 0.0996. The lowest BCUT2D eigenvalue weighted by atomic mass is 10.2. The maximum Gasteiger partial charge on any atom is 0.325 e. The van der Waals surface area contributed by atoms with E-state index in [9.17, 15) is 14.4 Å². The van der Waals surface area contributed by atoms with Crippen LogP contribution < -0.4 is 0 Å². The second-order valence-corrected chi connectivity index (χ2v) is 4.16. The van der Waals surface area contributed by atoms with E-state index in [1.165, 1.54) is 31.2 Å². The number of hydrogen-bond donors (Lipinski definition) is 1. The van der Waals surface area contributed by atoms with Crippen molar-refractivity contribution >= 4 is 17.7 Å². The molecular weight excluding hydrogens is 248 g/mol. The highest BCUT2D eigenvalue weighted by atomic mass is 16.5. The first-order chi connectivity index (χ1) is 8.99. The number of esters is 1. The van der Waals surface area contributed by atoms with E-state index in [0.29, 0.717) is 17.8 Å². The average Bonchev–Trinajstić information content (AvgIpc) is 2.86. The van der Waals surface area contributed by atoms with Gasteiger partial charge in [0.1, 0.15) is 12.2 Å². The van der Waals surface area contributed by atoms with E-state index in [1.807, 2.05) is 6.92 Å². The van der Waals surface area contributed by atoms with Crippen molar-refractivity contribution in [1.82, 2.24) is 9.88 Å². The number of nitrogens with zero attached hydrogens (tertiary/aromatic N) is 1. The Labute approximate surface area is 111 Å². The average molecular weight is 266 g/mol. The fourth-order valence-corrected chi connectivity index (χ4v) is 1.63. The van der Waals surface area contributed by atoms with Crippen molar-refractivity contribution in [3.05, 3.63) is 23.5 Å². The van der Waals surface area contributed by atoms with Crippen LogP contribution in [0.15, 0.2) is 12.3 Å². The van der Waals surface area contributed by atoms with E-state index >= 15 is 0 Å². The third-order valence-electron chi connectivity index (χ3n) is 2.65. The van der Waals surface area contributed by atoms with E-state index in [2.05, 4.69) is 9.72 Å². The lowest BCUT2D eigenvalue weighted by Gasteiger charge is -2.19. The Balaban J connectivity index is 2.85. The summed E-state index contributed by atoms with van der Waals surface area (Å²) in [6.07, 6.45) is 2.21. The zero-order valence-electron chi connectivity index (χ0n) is 11.4. The SMILES string of the molecule is CCCN(CC(=O)OC)C(=O)c1cc(C(C)=O)c[nH]1. The number of aromatic amines is 1. The van der Waals surface area contributed by atoms with Crippen LogP contribution in [0.4, 0.5) is 0 Å². The van der Waals surface area contributed by atoms with Crippen LogP contribution in [0.25, 0.3) is 0 Å². The first-order valence-corrected chi connectivity index (χ1v) is 6.05. The Morgan fingerprint density at radius 2 is 2.05 bits per heavy atom. The van der Waals surface area contributed by atoms with Crippen molar-refractivity contribution in [2.45, 2.75) is 20.3 Å². The summed E-state index contributed by atoms with van der Waals surface area (Å²) in [5.41, 5.74) is 0.736. The highest BCUT2D eigenvalue weighted by Crippen LogP contribution is 2.08. The molecule has 0 aliphatic rings. The molecule has 6 nitrogen and oxygen atoms in total. The molecule has 0 saturated carbocycles. The standard InChI is InChI=1S/C13H18N2O4/c1-4-5-15(8-12(17)19-3)13(18)11-6-10(7-14-11)9(2)16/h6-7,14H,4-5,8H2,1-3H3. The third kappa shape index (κ3) is 3.94. The van der Waals surface area contributed by atoms with Crippen LogP contribution in [0.3, 0.4) is 0 Å². The van der Waals surface area contributed by atoms with Gasteiger partial charge in [0.15, 0.2) is 5.78 Å². The third-order valence-corrected chi connectivity index (χ3v) is 2.65. The number of ether oxygens (including phenoxy) is 1. The molecule has 19 heavy (non-hydrogen) atoms. The highest BCUT2D eigenvalue weighted by molar-refractivity contribution is 5.99. The summed E-state index contributed by atoms with van der Waals surface area (Å²) in [5.74, 6) is -0.912. The van der Waals surface area contributed by atoms with Crippen LogP contribution >= 0.6 is 0 Å². The molecule has 1 aromatic rings. The van der Waals surface area contributed by atoms with E-state index in [4.69, 9.17) is 0 Å². The van der Waals surface area contributed by atoms with Crippen molar-refractivity contribution < 1.29 is 19.1 Å². The van der Waals surface area contributed by atoms with Gasteiger partial charge < -0.3 is 14.6 Å². The van der Waals surface area contributed by atoms with Gasteiger partial charge in [-0.05, 0) is 19.4 Å². The number of rotatable bonds is 6. The molecule has 0 saturated heterocycles. The second kappa shape index (κ2) is 6.72. The van der Waals surface area contributed by atoms with Crippen LogP contribution in [0, 0.1) is 0 Å². The van der Waals surface area contributed by atoms with E-state index in [-0.39, 0.29) is 18.2 Å². The molecule has 0 aliphatic carbocycles. The van der Waals surface area contributed by atoms with Crippen LogP contribution in [0.2, 0.25) is 0 Å². The highest BCUT2D eigenvalue weighted by Gasteiger charge is 2.20. The van der Waals surface area contributed by atoms with Gasteiger partial charge in [0.25, 0.3) is 5.91 Å². The number of hydrogen-bond acceptors (Lipinski definition) is 4. The maximum absolute atomic E-state index is 12.2. The Morgan fingerprint density at radius 1 is 1.37 bits per heavy atom. The Hall–Kier alpha value is -2.11. The van der Waals surface area contributed by atoms with Crippen molar-refractivity contribution in [1.29, 1.82) is 0 Å². The number of H-pyrrole nitrogens is 1. The van der Waals surface area contributed by atoms with Crippen molar-refractivity contribution in [2.24, 2.45) is 0 Å². The molecule has 0 fully saturated rings. The summed E-state index contributed by atoms with van der Waals surface area (Å²) in [6, 6.07) is 1.49. The van der Waals surface area contributed by atoms with Crippen molar-refractivity contribution in [3.8, 4) is 0 Å². The van der Waals surface area contributed by atoms with Gasteiger partial charge in [0.2, 0.25) is 0 Å². The number of ketones is 1. The number of amides is 1. The molecule has 0 aliphatic heterocycles. The normalized spacial score (nSPS) is 10.1. The molecule has 1 N–H and O–H groups in total. The maximum atomic E-state index is 12.2. The summed E-state index contributed by atoms with van der Waals surface area (Å²) in [6.45, 7) is 3.68. The number of aromatic nitrogens is 1. The van der Waals surface area contributed by atoms with Gasteiger partial charge in [-0.3, -0.25) is 14.4 Å². The van der Waals surface area contributed by atoms with Crippen molar-refractivity contribution in [2.75, 3.05) is 20.2 Å². The van der Waals surface area contributed by atoms with Gasteiger partial charge >= 0.3 is 5.97 Å². The van der Waals surface area contributed by atoms with Gasteiger partial charge in [0, 0.05) is 18.3 Å². The molecule has 0 atom stereocenters. The number of nitrogens with one attached hydrogen (secondary N) is 1. The molecule has 104 valence electrons. The quantitative estimate of drug-likeness (QED) is 0.620. The molecule has 0 radical (unpaired) electrons. The Bertz CT molecular complexity index is 479. The predicted molar refractivity (Wildman–Crippen MR) is 69.0 cm³/mol. The minimum atomic E-state index is -0.472. The van der Waals surface area contributed by atoms with Crippen LogP contribution in [-0.4, -0.2) is 47.7 Å². The van der Waals surface area contributed by atoms with E-state index in [1.54, 1.807) is 0 Å². The lowest BCUT2D eigenvalue weighted by molar-refractivity contribution is -0.141. The molecule has 6 heteroatoms. The van der Waals surface area contributed by atoms with Crippen molar-refractivity contribution in [3.63, 3.8) is 0 Å². The summed E-state index contributed by atoms with van der Waals surface area (Å²) < 4.78 is 4.56. The van der Waals surface area contributed by atoms with Gasteiger partial charge in [-0.2, -0.15) is 0 Å². The Morgan fingerprint density at radius 3 is 2.53 bits per heavy atom. The molecule has 0 spiro atoms. The Kier molecular flexibility index (Phi) is 5.29. The number of carbonyl (C=O) groups excluding carboxylic acids is 3. The summed E-state index contributed by atoms with van der Waals surface area (Å²) in [7, 11) is 1.28. The number of methoxy groups -OCH3 is 1. The largest absolute Gasteiger partial charge is 0.468 e. The minimum Gasteiger partial charge on any atom is -0.468 e. The number of Topliss-reactive ketones (excluding diaryl/α,β-unsaturated/α-hetero) is 1. The van der Waals surface area contributed by atoms with Crippen LogP contribution in [0.5, 0.6) is 0 Å². The predicted octanol–water partition coefficient (Wildman–Crippen LogP) is 1.24. The molecule has 1 aromatic heterocycles. The zero-order chi connectivity index (χ0) is 14.4. The molecule has 1 heterocycles. The molecule has 0 unspecified atom stereocenters. The molecule has 1 amide bonds. The number of carbonyl (C=O) groups is 3. The topological polar surface area (TPSA) is 79.5 Å². The lowest BCUT2D eigenvalue weighted by Crippen LogP contribution is -2.37. The van der Waals surface area contributed by atoms with Crippen LogP contribution in [0.1, 0.15) is 41.1 Å². The molecule has 0 bridgehead atoms. The van der Waals surface area contributed by atoms with Crippen LogP contribution in [-0.2, 0) is 9.53 Å². The summed E-state index contributed by atoms with van der Waals surface area (Å²) in [5, 5.41) is 0. The first-order valence-electron chi connectivity index (χ1n) is 6.05. The van der Waals surface area contributed by atoms with Gasteiger partial charge in [0.05, 0.1) is 7.11 Å². The fraction of sp³-hybridized carbons (Fsp3) is 0.462. The second-order valence-electron chi connectivity index (χ2n) is 4.16. The molecule has 0 aromatic carbocycles. The first kappa shape index (κ1) is 14.9. The molecular formula is C13H18N2O4. The summed E-state index contributed by atoms with van der Waals surface area (Å²) >= 11 is 0. The van der Waals surface area contributed by atoms with E-state index < -0.39 is 5.97 Å². The monoisotopic (exact) mass is 266 g/mol. The van der Waals surface area contributed by atoms with E-state index in [0.717, 1.165) is 6.42 Å². The summed E-state index contributed by atoms with van der Waals surface area (Å²) in [4.78, 5) is 38.8.